The van der Waals surface area contributed by atoms with E-state index in [4.69, 9.17) is 15.0 Å². The van der Waals surface area contributed by atoms with Crippen LogP contribution in [0.25, 0.3) is 11.3 Å². The van der Waals surface area contributed by atoms with Crippen LogP contribution in [0, 0.1) is 0 Å². The molecule has 0 unspecified atom stereocenters. The van der Waals surface area contributed by atoms with Crippen LogP contribution in [0.4, 0.5) is 10.5 Å². The largest absolute Gasteiger partial charge is 0.414 e. The predicted molar refractivity (Wildman–Crippen MR) is 88.3 cm³/mol. The SMILES string of the molecule is Nc1ccc(-c2cc(OC(=O)NCCc3ccncc3)no2)cc1. The fraction of sp³-hybridized carbons (Fsp3) is 0.118. The van der Waals surface area contributed by atoms with Gasteiger partial charge in [-0.25, -0.2) is 4.79 Å². The molecule has 1 amide bonds. The molecule has 3 N–H and O–H groups in total. The number of rotatable bonds is 5. The van der Waals surface area contributed by atoms with Gasteiger partial charge in [-0.05, 0) is 53.5 Å². The fourth-order valence-electron chi connectivity index (χ4n) is 2.08. The molecule has 3 aromatic rings. The van der Waals surface area contributed by atoms with E-state index < -0.39 is 6.09 Å². The summed E-state index contributed by atoms with van der Waals surface area (Å²) in [6.45, 7) is 0.450. The molecule has 2 aromatic heterocycles. The predicted octanol–water partition coefficient (Wildman–Crippen LogP) is 2.65. The molecule has 24 heavy (non-hydrogen) atoms. The second-order valence-electron chi connectivity index (χ2n) is 5.07. The van der Waals surface area contributed by atoms with Crippen molar-refractivity contribution in [3.8, 4) is 17.2 Å². The molecule has 0 saturated heterocycles. The maximum Gasteiger partial charge on any atom is 0.414 e. The van der Waals surface area contributed by atoms with Crippen molar-refractivity contribution in [1.82, 2.24) is 15.5 Å². The molecule has 0 aliphatic heterocycles. The molecule has 0 bridgehead atoms. The van der Waals surface area contributed by atoms with Crippen LogP contribution in [0.3, 0.4) is 0 Å². The highest BCUT2D eigenvalue weighted by Crippen LogP contribution is 2.24. The van der Waals surface area contributed by atoms with Crippen molar-refractivity contribution in [2.24, 2.45) is 0 Å². The molecule has 0 saturated carbocycles. The Kier molecular flexibility index (Phi) is 4.71. The lowest BCUT2D eigenvalue weighted by Crippen LogP contribution is -2.28. The van der Waals surface area contributed by atoms with Gasteiger partial charge in [-0.2, -0.15) is 0 Å². The van der Waals surface area contributed by atoms with Crippen molar-refractivity contribution in [2.75, 3.05) is 12.3 Å². The van der Waals surface area contributed by atoms with E-state index in [0.29, 0.717) is 24.4 Å². The fourth-order valence-corrected chi connectivity index (χ4v) is 2.08. The van der Waals surface area contributed by atoms with Crippen LogP contribution in [0.5, 0.6) is 5.88 Å². The van der Waals surface area contributed by atoms with Crippen LogP contribution in [-0.2, 0) is 6.42 Å². The molecule has 1 aromatic carbocycles. The van der Waals surface area contributed by atoms with Crippen molar-refractivity contribution >= 4 is 11.8 Å². The Labute approximate surface area is 138 Å². The van der Waals surface area contributed by atoms with Gasteiger partial charge in [-0.1, -0.05) is 0 Å². The second-order valence-corrected chi connectivity index (χ2v) is 5.07. The quantitative estimate of drug-likeness (QED) is 0.699. The van der Waals surface area contributed by atoms with Gasteiger partial charge in [0.05, 0.1) is 6.07 Å². The third-order valence-corrected chi connectivity index (χ3v) is 3.31. The summed E-state index contributed by atoms with van der Waals surface area (Å²) in [6.07, 6.45) is 3.53. The number of amides is 1. The molecule has 7 heteroatoms. The summed E-state index contributed by atoms with van der Waals surface area (Å²) in [6, 6.07) is 12.4. The minimum atomic E-state index is -0.582. The lowest BCUT2D eigenvalue weighted by atomic mass is 10.1. The number of nitrogens with two attached hydrogens (primary N) is 1. The van der Waals surface area contributed by atoms with E-state index in [9.17, 15) is 4.79 Å². The molecule has 2 heterocycles. The number of nitrogen functional groups attached to an aromatic ring is 1. The molecule has 122 valence electrons. The number of pyridine rings is 1. The average molecular weight is 324 g/mol. The number of carbonyl (C=O) groups is 1. The molecule has 0 aliphatic carbocycles. The van der Waals surface area contributed by atoms with Crippen LogP contribution in [0.15, 0.2) is 59.4 Å². The maximum atomic E-state index is 11.7. The Balaban J connectivity index is 1.51. The van der Waals surface area contributed by atoms with Gasteiger partial charge in [-0.15, -0.1) is 0 Å². The molecule has 3 rings (SSSR count). The molecular weight excluding hydrogens is 308 g/mol. The number of aromatic nitrogens is 2. The lowest BCUT2D eigenvalue weighted by Gasteiger charge is -2.03. The maximum absolute atomic E-state index is 11.7. The normalized spacial score (nSPS) is 10.3. The molecular formula is C17H16N4O3. The topological polar surface area (TPSA) is 103 Å². The first-order valence-electron chi connectivity index (χ1n) is 7.38. The second kappa shape index (κ2) is 7.28. The number of carbonyl (C=O) groups excluding carboxylic acids is 1. The Bertz CT molecular complexity index is 800. The minimum absolute atomic E-state index is 0.100. The summed E-state index contributed by atoms with van der Waals surface area (Å²) in [4.78, 5) is 15.7. The Hall–Kier alpha value is -3.35. The zero-order chi connectivity index (χ0) is 16.8. The van der Waals surface area contributed by atoms with Gasteiger partial charge < -0.3 is 20.3 Å². The summed E-state index contributed by atoms with van der Waals surface area (Å²) in [5, 5.41) is 6.38. The van der Waals surface area contributed by atoms with Gasteiger partial charge in [0.25, 0.3) is 5.88 Å². The standard InChI is InChI=1S/C17H16N4O3/c18-14-3-1-13(2-4-14)15-11-16(21-24-15)23-17(22)20-10-7-12-5-8-19-9-6-12/h1-6,8-9,11H,7,10,18H2,(H,20,22). The van der Waals surface area contributed by atoms with Gasteiger partial charge in [0.15, 0.2) is 5.76 Å². The number of hydrogen-bond acceptors (Lipinski definition) is 6. The summed E-state index contributed by atoms with van der Waals surface area (Å²) >= 11 is 0. The van der Waals surface area contributed by atoms with E-state index in [2.05, 4.69) is 15.5 Å². The molecule has 0 aliphatic rings. The van der Waals surface area contributed by atoms with Crippen LogP contribution < -0.4 is 15.8 Å². The number of nitrogens with one attached hydrogen (secondary N) is 1. The van der Waals surface area contributed by atoms with Crippen molar-refractivity contribution in [3.05, 3.63) is 60.4 Å². The lowest BCUT2D eigenvalue weighted by molar-refractivity contribution is 0.196. The average Bonchev–Trinajstić information content (AvgIpc) is 3.05. The first-order valence-corrected chi connectivity index (χ1v) is 7.38. The van der Waals surface area contributed by atoms with E-state index in [1.54, 1.807) is 42.7 Å². The summed E-state index contributed by atoms with van der Waals surface area (Å²) in [5.41, 5.74) is 8.17. The van der Waals surface area contributed by atoms with E-state index in [0.717, 1.165) is 11.1 Å². The first kappa shape index (κ1) is 15.5. The third kappa shape index (κ3) is 4.10. The van der Waals surface area contributed by atoms with E-state index in [1.165, 1.54) is 0 Å². The summed E-state index contributed by atoms with van der Waals surface area (Å²) in [7, 11) is 0. The van der Waals surface area contributed by atoms with Crippen molar-refractivity contribution in [1.29, 1.82) is 0 Å². The molecule has 0 fully saturated rings. The van der Waals surface area contributed by atoms with Crippen LogP contribution in [0.1, 0.15) is 5.56 Å². The van der Waals surface area contributed by atoms with Gasteiger partial charge in [0.1, 0.15) is 0 Å². The van der Waals surface area contributed by atoms with E-state index in [-0.39, 0.29) is 5.88 Å². The zero-order valence-electron chi connectivity index (χ0n) is 12.8. The summed E-state index contributed by atoms with van der Waals surface area (Å²) < 4.78 is 10.2. The Morgan fingerprint density at radius 1 is 1.17 bits per heavy atom. The highest BCUT2D eigenvalue weighted by atomic mass is 16.6. The van der Waals surface area contributed by atoms with Gasteiger partial charge in [0, 0.05) is 30.2 Å². The highest BCUT2D eigenvalue weighted by Gasteiger charge is 2.11. The van der Waals surface area contributed by atoms with Gasteiger partial charge >= 0.3 is 6.09 Å². The first-order chi connectivity index (χ1) is 11.7. The number of anilines is 1. The Morgan fingerprint density at radius 2 is 1.92 bits per heavy atom. The van der Waals surface area contributed by atoms with E-state index >= 15 is 0 Å². The van der Waals surface area contributed by atoms with Crippen molar-refractivity contribution in [2.45, 2.75) is 6.42 Å². The third-order valence-electron chi connectivity index (χ3n) is 3.31. The smallest absolute Gasteiger partial charge is 0.399 e. The van der Waals surface area contributed by atoms with Crippen LogP contribution >= 0.6 is 0 Å². The number of nitrogens with zero attached hydrogens (tertiary/aromatic N) is 2. The summed E-state index contributed by atoms with van der Waals surface area (Å²) in [5.74, 6) is 0.595. The van der Waals surface area contributed by atoms with Crippen molar-refractivity contribution in [3.63, 3.8) is 0 Å². The van der Waals surface area contributed by atoms with Crippen molar-refractivity contribution < 1.29 is 14.1 Å². The van der Waals surface area contributed by atoms with Gasteiger partial charge in [0.2, 0.25) is 0 Å². The highest BCUT2D eigenvalue weighted by molar-refractivity contribution is 5.70. The van der Waals surface area contributed by atoms with Crippen LogP contribution in [-0.4, -0.2) is 22.8 Å². The molecule has 0 radical (unpaired) electrons. The number of benzene rings is 1. The van der Waals surface area contributed by atoms with E-state index in [1.807, 2.05) is 12.1 Å². The van der Waals surface area contributed by atoms with Gasteiger partial charge in [-0.3, -0.25) is 4.98 Å². The Morgan fingerprint density at radius 3 is 2.67 bits per heavy atom. The number of ether oxygens (including phenoxy) is 1. The molecule has 0 atom stereocenters. The molecule has 7 nitrogen and oxygen atoms in total. The monoisotopic (exact) mass is 324 g/mol. The zero-order valence-corrected chi connectivity index (χ0v) is 12.8. The molecule has 0 spiro atoms. The minimum Gasteiger partial charge on any atom is -0.399 e. The number of hydrogen-bond donors (Lipinski definition) is 2. The van der Waals surface area contributed by atoms with Crippen LogP contribution in [0.2, 0.25) is 0 Å².